The molecule has 0 bridgehead atoms. The van der Waals surface area contributed by atoms with Crippen molar-refractivity contribution in [2.75, 3.05) is 13.1 Å². The van der Waals surface area contributed by atoms with Crippen molar-refractivity contribution >= 4 is 11.7 Å². The molecule has 1 atom stereocenters. The van der Waals surface area contributed by atoms with E-state index in [0.29, 0.717) is 30.1 Å². The van der Waals surface area contributed by atoms with E-state index in [1.165, 1.54) is 36.4 Å². The summed E-state index contributed by atoms with van der Waals surface area (Å²) in [6.45, 7) is 1.16. The lowest BCUT2D eigenvalue weighted by atomic mass is 10.0. The number of piperidine rings is 1. The van der Waals surface area contributed by atoms with Crippen molar-refractivity contribution in [2.45, 2.75) is 18.9 Å². The monoisotopic (exact) mass is 372 g/mol. The van der Waals surface area contributed by atoms with Gasteiger partial charge in [0.15, 0.2) is 5.76 Å². The highest BCUT2D eigenvalue weighted by atomic mass is 19.1. The van der Waals surface area contributed by atoms with Crippen LogP contribution in [0.2, 0.25) is 0 Å². The first-order chi connectivity index (χ1) is 13.1. The molecule has 2 aromatic rings. The number of hydrogen-bond acceptors (Lipinski definition) is 5. The summed E-state index contributed by atoms with van der Waals surface area (Å²) in [4.78, 5) is 23.9. The summed E-state index contributed by atoms with van der Waals surface area (Å²) in [5.41, 5.74) is 3.80. The topological polar surface area (TPSA) is 57.7 Å². The molecule has 0 radical (unpaired) electrons. The maximum atomic E-state index is 13.1. The predicted molar refractivity (Wildman–Crippen MR) is 93.6 cm³/mol. The van der Waals surface area contributed by atoms with Crippen molar-refractivity contribution in [1.29, 1.82) is 0 Å². The van der Waals surface area contributed by atoms with Gasteiger partial charge in [-0.05, 0) is 49.2 Å². The van der Waals surface area contributed by atoms with Gasteiger partial charge in [0, 0.05) is 18.7 Å². The van der Waals surface area contributed by atoms with Gasteiger partial charge in [0.25, 0.3) is 5.91 Å². The largest absolute Gasteiger partial charge is 0.385 e. The molecule has 3 heterocycles. The van der Waals surface area contributed by atoms with Gasteiger partial charge in [-0.15, -0.1) is 0 Å². The Balaban J connectivity index is 1.44. The molecule has 4 rings (SSSR count). The molecule has 2 aliphatic heterocycles. The summed E-state index contributed by atoms with van der Waals surface area (Å²) in [6.07, 6.45) is 4.61. The quantitative estimate of drug-likeness (QED) is 0.898. The molecular formula is C19H18F2N4O2. The Bertz CT molecular complexity index is 855. The first kappa shape index (κ1) is 17.4. The van der Waals surface area contributed by atoms with Gasteiger partial charge < -0.3 is 9.74 Å². The highest BCUT2D eigenvalue weighted by molar-refractivity contribution is 5.94. The van der Waals surface area contributed by atoms with Gasteiger partial charge in [0.2, 0.25) is 0 Å². The number of hydrogen-bond donors (Lipinski definition) is 1. The summed E-state index contributed by atoms with van der Waals surface area (Å²) < 4.78 is 26.1. The molecule has 1 aromatic heterocycles. The number of nitrogens with one attached hydrogen (secondary N) is 1. The SMILES string of the molecule is O=C(c1ccc(F)cc1)N1CCCC(N2C=C(c3ccc(F)cn3)ON2)C1. The fraction of sp³-hybridized carbons (Fsp3) is 0.263. The first-order valence-electron chi connectivity index (χ1n) is 8.69. The van der Waals surface area contributed by atoms with Crippen molar-refractivity contribution < 1.29 is 18.4 Å². The van der Waals surface area contributed by atoms with Crippen LogP contribution in [0.5, 0.6) is 0 Å². The highest BCUT2D eigenvalue weighted by Crippen LogP contribution is 2.24. The standard InChI is InChI=1S/C19H18F2N4O2/c20-14-5-3-13(4-6-14)19(26)24-9-1-2-16(11-24)25-12-18(27-23-25)17-8-7-15(21)10-22-17/h3-8,10,12,16,23H,1-2,9,11H2. The number of pyridine rings is 1. The van der Waals surface area contributed by atoms with Gasteiger partial charge in [-0.3, -0.25) is 9.80 Å². The third-order valence-electron chi connectivity index (χ3n) is 4.67. The minimum Gasteiger partial charge on any atom is -0.385 e. The van der Waals surface area contributed by atoms with E-state index in [-0.39, 0.29) is 17.8 Å². The number of hydrazine groups is 1. The van der Waals surface area contributed by atoms with Crippen LogP contribution in [-0.2, 0) is 4.84 Å². The molecule has 1 saturated heterocycles. The number of nitrogens with zero attached hydrogens (tertiary/aromatic N) is 3. The normalized spacial score (nSPS) is 19.6. The molecule has 0 spiro atoms. The molecule has 1 fully saturated rings. The van der Waals surface area contributed by atoms with Crippen LogP contribution in [0.15, 0.2) is 48.8 Å². The van der Waals surface area contributed by atoms with Gasteiger partial charge in [0.05, 0.1) is 18.4 Å². The number of aromatic nitrogens is 1. The fourth-order valence-corrected chi connectivity index (χ4v) is 3.24. The van der Waals surface area contributed by atoms with Crippen LogP contribution in [0.1, 0.15) is 28.9 Å². The number of rotatable bonds is 3. The summed E-state index contributed by atoms with van der Waals surface area (Å²) in [6, 6.07) is 8.44. The Labute approximate surface area is 155 Å². The number of carbonyl (C=O) groups is 1. The highest BCUT2D eigenvalue weighted by Gasteiger charge is 2.30. The molecule has 0 saturated carbocycles. The minimum atomic E-state index is -0.413. The van der Waals surface area contributed by atoms with E-state index in [1.54, 1.807) is 16.1 Å². The van der Waals surface area contributed by atoms with E-state index in [2.05, 4.69) is 10.6 Å². The van der Waals surface area contributed by atoms with Crippen molar-refractivity contribution in [3.05, 3.63) is 71.7 Å². The van der Waals surface area contributed by atoms with Gasteiger partial charge in [0.1, 0.15) is 17.3 Å². The maximum absolute atomic E-state index is 13.1. The summed E-state index contributed by atoms with van der Waals surface area (Å²) in [5, 5.41) is 1.80. The third kappa shape index (κ3) is 3.75. The molecule has 1 aromatic carbocycles. The molecule has 1 unspecified atom stereocenters. The predicted octanol–water partition coefficient (Wildman–Crippen LogP) is 2.71. The van der Waals surface area contributed by atoms with Gasteiger partial charge >= 0.3 is 0 Å². The van der Waals surface area contributed by atoms with Crippen LogP contribution in [0.25, 0.3) is 5.76 Å². The Morgan fingerprint density at radius 3 is 2.67 bits per heavy atom. The van der Waals surface area contributed by atoms with Crippen molar-refractivity contribution in [3.63, 3.8) is 0 Å². The van der Waals surface area contributed by atoms with E-state index in [1.807, 2.05) is 0 Å². The average molecular weight is 372 g/mol. The molecular weight excluding hydrogens is 354 g/mol. The van der Waals surface area contributed by atoms with Gasteiger partial charge in [-0.1, -0.05) is 5.59 Å². The van der Waals surface area contributed by atoms with Gasteiger partial charge in [-0.25, -0.2) is 13.8 Å². The second kappa shape index (κ2) is 7.32. The molecule has 1 amide bonds. The van der Waals surface area contributed by atoms with Crippen molar-refractivity contribution in [3.8, 4) is 0 Å². The van der Waals surface area contributed by atoms with Crippen LogP contribution in [0, 0.1) is 11.6 Å². The zero-order valence-electron chi connectivity index (χ0n) is 14.4. The maximum Gasteiger partial charge on any atom is 0.253 e. The van der Waals surface area contributed by atoms with E-state index in [0.717, 1.165) is 19.0 Å². The van der Waals surface area contributed by atoms with Gasteiger partial charge in [-0.2, -0.15) is 0 Å². The van der Waals surface area contributed by atoms with Crippen LogP contribution in [-0.4, -0.2) is 39.9 Å². The van der Waals surface area contributed by atoms with E-state index < -0.39 is 5.82 Å². The number of benzene rings is 1. The first-order valence-corrected chi connectivity index (χ1v) is 8.69. The Hall–Kier alpha value is -3.00. The number of likely N-dealkylation sites (tertiary alicyclic amines) is 1. The van der Waals surface area contributed by atoms with Crippen LogP contribution < -0.4 is 5.59 Å². The van der Waals surface area contributed by atoms with Crippen LogP contribution in [0.3, 0.4) is 0 Å². The molecule has 27 heavy (non-hydrogen) atoms. The summed E-state index contributed by atoms with van der Waals surface area (Å²) in [7, 11) is 0. The zero-order valence-corrected chi connectivity index (χ0v) is 14.4. The zero-order chi connectivity index (χ0) is 18.8. The van der Waals surface area contributed by atoms with Crippen molar-refractivity contribution in [1.82, 2.24) is 20.5 Å². The lowest BCUT2D eigenvalue weighted by molar-refractivity contribution is -0.00255. The van der Waals surface area contributed by atoms with Crippen LogP contribution >= 0.6 is 0 Å². The second-order valence-electron chi connectivity index (χ2n) is 6.51. The summed E-state index contributed by atoms with van der Waals surface area (Å²) >= 11 is 0. The van der Waals surface area contributed by atoms with Crippen molar-refractivity contribution in [2.24, 2.45) is 0 Å². The third-order valence-corrected chi connectivity index (χ3v) is 4.67. The Morgan fingerprint density at radius 2 is 1.93 bits per heavy atom. The number of amides is 1. The lowest BCUT2D eigenvalue weighted by Crippen LogP contribution is -2.50. The average Bonchev–Trinajstić information content (AvgIpc) is 3.19. The van der Waals surface area contributed by atoms with E-state index >= 15 is 0 Å². The molecule has 0 aliphatic carbocycles. The lowest BCUT2D eigenvalue weighted by Gasteiger charge is -2.36. The Morgan fingerprint density at radius 1 is 1.15 bits per heavy atom. The molecule has 2 aliphatic rings. The number of halogens is 2. The molecule has 140 valence electrons. The number of carbonyl (C=O) groups excluding carboxylic acids is 1. The summed E-state index contributed by atoms with van der Waals surface area (Å²) in [5.74, 6) is -0.417. The van der Waals surface area contributed by atoms with E-state index in [4.69, 9.17) is 4.84 Å². The Kier molecular flexibility index (Phi) is 4.72. The molecule has 8 heteroatoms. The fourth-order valence-electron chi connectivity index (χ4n) is 3.24. The van der Waals surface area contributed by atoms with E-state index in [9.17, 15) is 13.6 Å². The second-order valence-corrected chi connectivity index (χ2v) is 6.51. The molecule has 6 nitrogen and oxygen atoms in total. The molecule has 1 N–H and O–H groups in total. The minimum absolute atomic E-state index is 0.0149. The van der Waals surface area contributed by atoms with Crippen LogP contribution in [0.4, 0.5) is 8.78 Å². The smallest absolute Gasteiger partial charge is 0.253 e.